The van der Waals surface area contributed by atoms with Crippen molar-refractivity contribution >= 4 is 17.9 Å². The number of hydrogen-bond donors (Lipinski definition) is 0. The first-order chi connectivity index (χ1) is 40.5. The van der Waals surface area contributed by atoms with Crippen LogP contribution in [0.15, 0.2) is 97.2 Å². The van der Waals surface area contributed by atoms with E-state index in [0.717, 1.165) is 109 Å². The second-order valence-electron chi connectivity index (χ2n) is 23.4. The molecule has 0 spiro atoms. The van der Waals surface area contributed by atoms with Crippen LogP contribution in [0.2, 0.25) is 0 Å². The van der Waals surface area contributed by atoms with Gasteiger partial charge >= 0.3 is 17.9 Å². The van der Waals surface area contributed by atoms with Gasteiger partial charge in [0.25, 0.3) is 0 Å². The lowest BCUT2D eigenvalue weighted by Crippen LogP contribution is -2.30. The highest BCUT2D eigenvalue weighted by Crippen LogP contribution is 2.18. The van der Waals surface area contributed by atoms with Gasteiger partial charge in [0.1, 0.15) is 13.2 Å². The Balaban J connectivity index is 4.18. The monoisotopic (exact) mass is 1140 g/mol. The van der Waals surface area contributed by atoms with E-state index in [2.05, 4.69) is 118 Å². The van der Waals surface area contributed by atoms with E-state index in [1.54, 1.807) is 0 Å². The fraction of sp³-hybridized carbons (Fsp3) is 0.750. The number of carbonyl (C=O) groups excluding carboxylic acids is 3. The molecule has 0 heterocycles. The van der Waals surface area contributed by atoms with E-state index in [0.29, 0.717) is 19.3 Å². The number of unbranched alkanes of at least 4 members (excludes halogenated alkanes) is 37. The quantitative estimate of drug-likeness (QED) is 0.0261. The van der Waals surface area contributed by atoms with Crippen molar-refractivity contribution in [3.05, 3.63) is 97.2 Å². The van der Waals surface area contributed by atoms with E-state index in [-0.39, 0.29) is 31.1 Å². The fourth-order valence-corrected chi connectivity index (χ4v) is 10.1. The van der Waals surface area contributed by atoms with Gasteiger partial charge in [-0.1, -0.05) is 343 Å². The van der Waals surface area contributed by atoms with Crippen LogP contribution in [0.25, 0.3) is 0 Å². The average Bonchev–Trinajstić information content (AvgIpc) is 3.47. The number of hydrogen-bond acceptors (Lipinski definition) is 6. The van der Waals surface area contributed by atoms with Crippen molar-refractivity contribution in [1.29, 1.82) is 0 Å². The summed E-state index contributed by atoms with van der Waals surface area (Å²) in [7, 11) is 0. The van der Waals surface area contributed by atoms with Crippen LogP contribution < -0.4 is 0 Å². The van der Waals surface area contributed by atoms with Crippen molar-refractivity contribution in [2.45, 2.75) is 354 Å². The molecule has 0 aliphatic rings. The van der Waals surface area contributed by atoms with Crippen molar-refractivity contribution in [2.75, 3.05) is 13.2 Å². The minimum Gasteiger partial charge on any atom is -0.462 e. The molecule has 0 amide bonds. The Morgan fingerprint density at radius 2 is 0.476 bits per heavy atom. The molecule has 6 heteroatoms. The maximum absolute atomic E-state index is 12.9. The standard InChI is InChI=1S/C76H132O6/c1-4-7-10-13-16-19-22-24-26-28-30-31-32-33-34-35-36-37-38-39-40-41-42-43-44-45-46-48-49-51-54-57-60-63-66-69-75(78)81-72-73(71-80-74(77)68-65-62-59-56-53-21-18-15-12-9-6-3)82-76(79)70-67-64-61-58-55-52-50-47-29-27-25-23-20-17-14-11-8-5-2/h7,10,16,19,24,26,30-31,33-34,36-37,39-40,42-43,73H,4-6,8-9,11-15,17-18,20-23,25,27-29,32,35,38,41,44-72H2,1-3H3/b10-7-,19-16-,26-24-,31-30-,34-33-,37-36-,40-39-,43-42-. The maximum Gasteiger partial charge on any atom is 0.306 e. The number of carbonyl (C=O) groups is 3. The van der Waals surface area contributed by atoms with E-state index < -0.39 is 6.10 Å². The first-order valence-electron chi connectivity index (χ1n) is 35.2. The molecule has 82 heavy (non-hydrogen) atoms. The first-order valence-corrected chi connectivity index (χ1v) is 35.2. The van der Waals surface area contributed by atoms with Crippen LogP contribution >= 0.6 is 0 Å². The number of allylic oxidation sites excluding steroid dienone is 16. The third-order valence-corrected chi connectivity index (χ3v) is 15.4. The fourth-order valence-electron chi connectivity index (χ4n) is 10.1. The van der Waals surface area contributed by atoms with E-state index in [1.807, 2.05) is 0 Å². The molecule has 0 saturated heterocycles. The zero-order valence-electron chi connectivity index (χ0n) is 54.2. The smallest absolute Gasteiger partial charge is 0.306 e. The number of ether oxygens (including phenoxy) is 3. The Bertz CT molecular complexity index is 1590. The lowest BCUT2D eigenvalue weighted by Gasteiger charge is -2.18. The molecular formula is C76H132O6. The summed E-state index contributed by atoms with van der Waals surface area (Å²) in [6.07, 6.45) is 94.4. The minimum absolute atomic E-state index is 0.0722. The molecule has 6 nitrogen and oxygen atoms in total. The maximum atomic E-state index is 12.9. The van der Waals surface area contributed by atoms with Gasteiger partial charge < -0.3 is 14.2 Å². The summed E-state index contributed by atoms with van der Waals surface area (Å²) < 4.78 is 16.9. The predicted molar refractivity (Wildman–Crippen MR) is 357 cm³/mol. The normalized spacial score (nSPS) is 12.7. The Morgan fingerprint density at radius 1 is 0.256 bits per heavy atom. The molecular weight excluding hydrogens is 1010 g/mol. The number of rotatable bonds is 64. The van der Waals surface area contributed by atoms with E-state index in [4.69, 9.17) is 14.2 Å². The molecule has 0 radical (unpaired) electrons. The molecule has 0 fully saturated rings. The Hall–Kier alpha value is -3.67. The van der Waals surface area contributed by atoms with Crippen molar-refractivity contribution in [2.24, 2.45) is 0 Å². The second-order valence-corrected chi connectivity index (χ2v) is 23.4. The molecule has 0 N–H and O–H groups in total. The van der Waals surface area contributed by atoms with Gasteiger partial charge in [0.15, 0.2) is 6.10 Å². The Morgan fingerprint density at radius 3 is 0.744 bits per heavy atom. The molecule has 1 atom stereocenters. The largest absolute Gasteiger partial charge is 0.462 e. The van der Waals surface area contributed by atoms with Gasteiger partial charge in [0.2, 0.25) is 0 Å². The van der Waals surface area contributed by atoms with Gasteiger partial charge in [-0.15, -0.1) is 0 Å². The molecule has 1 unspecified atom stereocenters. The SMILES string of the molecule is CC/C=C\C/C=C\C/C=C\C/C=C\C/C=C\C/C=C\C/C=C\C/C=C\CCCCCCCCCCCCC(=O)OCC(COC(=O)CCCCCCCCCCCCC)OC(=O)CCCCCCCCCCCCCCCCCCCC. The van der Waals surface area contributed by atoms with E-state index in [9.17, 15) is 14.4 Å². The van der Waals surface area contributed by atoms with Crippen LogP contribution in [0.1, 0.15) is 348 Å². The summed E-state index contributed by atoms with van der Waals surface area (Å²) in [6.45, 7) is 6.56. The highest BCUT2D eigenvalue weighted by molar-refractivity contribution is 5.71. The van der Waals surface area contributed by atoms with E-state index in [1.165, 1.54) is 199 Å². The minimum atomic E-state index is -0.775. The van der Waals surface area contributed by atoms with Crippen LogP contribution in [0.5, 0.6) is 0 Å². The summed E-state index contributed by atoms with van der Waals surface area (Å²) in [5.74, 6) is -0.859. The molecule has 0 bridgehead atoms. The van der Waals surface area contributed by atoms with Crippen LogP contribution in [0.3, 0.4) is 0 Å². The van der Waals surface area contributed by atoms with Crippen LogP contribution in [0.4, 0.5) is 0 Å². The zero-order chi connectivity index (χ0) is 59.2. The van der Waals surface area contributed by atoms with Gasteiger partial charge in [-0.25, -0.2) is 0 Å². The summed E-state index contributed by atoms with van der Waals surface area (Å²) >= 11 is 0. The summed E-state index contributed by atoms with van der Waals surface area (Å²) in [5, 5.41) is 0. The van der Waals surface area contributed by atoms with Crippen LogP contribution in [0, 0.1) is 0 Å². The molecule has 472 valence electrons. The van der Waals surface area contributed by atoms with E-state index >= 15 is 0 Å². The molecule has 0 aromatic rings. The summed E-state index contributed by atoms with van der Waals surface area (Å²) in [5.41, 5.74) is 0. The molecule has 0 aliphatic carbocycles. The van der Waals surface area contributed by atoms with Gasteiger partial charge in [0.05, 0.1) is 0 Å². The van der Waals surface area contributed by atoms with Crippen LogP contribution in [-0.2, 0) is 28.6 Å². The second kappa shape index (κ2) is 69.8. The molecule has 0 rings (SSSR count). The van der Waals surface area contributed by atoms with Crippen LogP contribution in [-0.4, -0.2) is 37.2 Å². The van der Waals surface area contributed by atoms with Crippen molar-refractivity contribution in [3.63, 3.8) is 0 Å². The molecule has 0 aromatic heterocycles. The van der Waals surface area contributed by atoms with Crippen molar-refractivity contribution in [3.8, 4) is 0 Å². The Labute approximate surface area is 508 Å². The van der Waals surface area contributed by atoms with Crippen molar-refractivity contribution < 1.29 is 28.6 Å². The zero-order valence-corrected chi connectivity index (χ0v) is 54.2. The lowest BCUT2D eigenvalue weighted by molar-refractivity contribution is -0.167. The van der Waals surface area contributed by atoms with Gasteiger partial charge in [-0.05, 0) is 83.5 Å². The summed E-state index contributed by atoms with van der Waals surface area (Å²) in [6, 6.07) is 0. The highest BCUT2D eigenvalue weighted by Gasteiger charge is 2.19. The number of esters is 3. The highest BCUT2D eigenvalue weighted by atomic mass is 16.6. The third kappa shape index (κ3) is 67.1. The van der Waals surface area contributed by atoms with Gasteiger partial charge in [0, 0.05) is 19.3 Å². The molecule has 0 saturated carbocycles. The lowest BCUT2D eigenvalue weighted by atomic mass is 10.0. The Kier molecular flexibility index (Phi) is 66.7. The topological polar surface area (TPSA) is 78.9 Å². The van der Waals surface area contributed by atoms with Gasteiger partial charge in [-0.2, -0.15) is 0 Å². The van der Waals surface area contributed by atoms with Crippen molar-refractivity contribution in [1.82, 2.24) is 0 Å². The summed E-state index contributed by atoms with van der Waals surface area (Å²) in [4.78, 5) is 38.3. The molecule has 0 aromatic carbocycles. The average molecular weight is 1140 g/mol. The molecule has 0 aliphatic heterocycles. The predicted octanol–water partition coefficient (Wildman–Crippen LogP) is 24.4. The van der Waals surface area contributed by atoms with Gasteiger partial charge in [-0.3, -0.25) is 14.4 Å². The first kappa shape index (κ1) is 78.3. The third-order valence-electron chi connectivity index (χ3n) is 15.4.